The number of para-hydroxylation sites is 1. The van der Waals surface area contributed by atoms with Gasteiger partial charge < -0.3 is 5.73 Å². The summed E-state index contributed by atoms with van der Waals surface area (Å²) in [5.74, 6) is 0. The van der Waals surface area contributed by atoms with Crippen molar-refractivity contribution in [3.8, 4) is 0 Å². The second-order valence-electron chi connectivity index (χ2n) is 5.54. The summed E-state index contributed by atoms with van der Waals surface area (Å²) >= 11 is 3.40. The van der Waals surface area contributed by atoms with Crippen molar-refractivity contribution in [2.24, 2.45) is 5.73 Å². The van der Waals surface area contributed by atoms with Crippen LogP contribution in [0, 0.1) is 6.92 Å². The number of halogens is 1. The standard InChI is InChI=1S/C16H17BrN2O2S/c1-11-8-14(6-7-15(11)17)22(20,21)19-10-13(18)9-12-4-2-3-5-16(12)19/h2-8,13H,9-10,18H2,1H3. The Morgan fingerprint density at radius 3 is 2.68 bits per heavy atom. The highest BCUT2D eigenvalue weighted by atomic mass is 79.9. The van der Waals surface area contributed by atoms with E-state index >= 15 is 0 Å². The van der Waals surface area contributed by atoms with E-state index < -0.39 is 10.0 Å². The molecule has 1 unspecified atom stereocenters. The van der Waals surface area contributed by atoms with Gasteiger partial charge in [0, 0.05) is 17.1 Å². The van der Waals surface area contributed by atoms with Crippen molar-refractivity contribution in [2.45, 2.75) is 24.3 Å². The molecule has 1 heterocycles. The van der Waals surface area contributed by atoms with E-state index in [0.29, 0.717) is 13.0 Å². The zero-order valence-electron chi connectivity index (χ0n) is 12.2. The van der Waals surface area contributed by atoms with Crippen LogP contribution in [0.2, 0.25) is 0 Å². The van der Waals surface area contributed by atoms with Crippen molar-refractivity contribution < 1.29 is 8.42 Å². The number of nitrogens with two attached hydrogens (primary N) is 1. The van der Waals surface area contributed by atoms with Crippen LogP contribution < -0.4 is 10.0 Å². The Balaban J connectivity index is 2.11. The number of benzene rings is 2. The lowest BCUT2D eigenvalue weighted by Crippen LogP contribution is -2.46. The Kier molecular flexibility index (Phi) is 4.01. The lowest BCUT2D eigenvalue weighted by atomic mass is 10.0. The van der Waals surface area contributed by atoms with Crippen LogP contribution in [0.25, 0.3) is 0 Å². The maximum Gasteiger partial charge on any atom is 0.264 e. The molecule has 1 aliphatic heterocycles. The fourth-order valence-electron chi connectivity index (χ4n) is 2.72. The molecule has 0 fully saturated rings. The molecule has 0 saturated carbocycles. The van der Waals surface area contributed by atoms with Crippen LogP contribution in [0.3, 0.4) is 0 Å². The zero-order chi connectivity index (χ0) is 15.9. The van der Waals surface area contributed by atoms with Gasteiger partial charge in [0.25, 0.3) is 10.0 Å². The van der Waals surface area contributed by atoms with Crippen molar-refractivity contribution >= 4 is 31.6 Å². The van der Waals surface area contributed by atoms with Gasteiger partial charge in [-0.1, -0.05) is 34.1 Å². The van der Waals surface area contributed by atoms with Crippen LogP contribution >= 0.6 is 15.9 Å². The van der Waals surface area contributed by atoms with Gasteiger partial charge in [-0.25, -0.2) is 8.42 Å². The summed E-state index contributed by atoms with van der Waals surface area (Å²) in [6, 6.07) is 12.4. The summed E-state index contributed by atoms with van der Waals surface area (Å²) in [5.41, 5.74) is 8.64. The van der Waals surface area contributed by atoms with E-state index in [4.69, 9.17) is 5.73 Å². The van der Waals surface area contributed by atoms with Crippen molar-refractivity contribution in [3.05, 3.63) is 58.1 Å². The van der Waals surface area contributed by atoms with Gasteiger partial charge in [-0.05, 0) is 48.7 Å². The summed E-state index contributed by atoms with van der Waals surface area (Å²) < 4.78 is 28.3. The van der Waals surface area contributed by atoms with Crippen LogP contribution in [0.4, 0.5) is 5.69 Å². The third-order valence-electron chi connectivity index (χ3n) is 3.86. The first kappa shape index (κ1) is 15.5. The van der Waals surface area contributed by atoms with Crippen molar-refractivity contribution in [2.75, 3.05) is 10.8 Å². The average Bonchev–Trinajstić information content (AvgIpc) is 2.49. The van der Waals surface area contributed by atoms with Gasteiger partial charge in [-0.2, -0.15) is 0 Å². The highest BCUT2D eigenvalue weighted by Gasteiger charge is 2.31. The van der Waals surface area contributed by atoms with E-state index in [1.54, 1.807) is 18.2 Å². The molecule has 2 aromatic carbocycles. The summed E-state index contributed by atoms with van der Waals surface area (Å²) in [5, 5.41) is 0. The number of fused-ring (bicyclic) bond motifs is 1. The molecule has 0 aliphatic carbocycles. The van der Waals surface area contributed by atoms with Gasteiger partial charge in [0.15, 0.2) is 0 Å². The zero-order valence-corrected chi connectivity index (χ0v) is 14.6. The topological polar surface area (TPSA) is 63.4 Å². The summed E-state index contributed by atoms with van der Waals surface area (Å²) in [7, 11) is -3.62. The van der Waals surface area contributed by atoms with Gasteiger partial charge in [0.2, 0.25) is 0 Å². The molecule has 22 heavy (non-hydrogen) atoms. The van der Waals surface area contributed by atoms with E-state index in [0.717, 1.165) is 21.3 Å². The molecule has 116 valence electrons. The second-order valence-corrected chi connectivity index (χ2v) is 8.26. The van der Waals surface area contributed by atoms with Crippen LogP contribution in [-0.2, 0) is 16.4 Å². The molecule has 0 bridgehead atoms. The molecule has 2 N–H and O–H groups in total. The maximum absolute atomic E-state index is 13.0. The van der Waals surface area contributed by atoms with E-state index in [1.807, 2.05) is 31.2 Å². The fraction of sp³-hybridized carbons (Fsp3) is 0.250. The van der Waals surface area contributed by atoms with Gasteiger partial charge >= 0.3 is 0 Å². The molecule has 0 amide bonds. The Morgan fingerprint density at radius 2 is 1.95 bits per heavy atom. The Morgan fingerprint density at radius 1 is 1.23 bits per heavy atom. The van der Waals surface area contributed by atoms with Crippen molar-refractivity contribution in [1.29, 1.82) is 0 Å². The number of aryl methyl sites for hydroxylation is 1. The molecule has 0 saturated heterocycles. The summed E-state index contributed by atoms with van der Waals surface area (Å²) in [4.78, 5) is 0.289. The number of anilines is 1. The van der Waals surface area contributed by atoms with Crippen LogP contribution in [0.5, 0.6) is 0 Å². The van der Waals surface area contributed by atoms with E-state index in [2.05, 4.69) is 15.9 Å². The SMILES string of the molecule is Cc1cc(S(=O)(=O)N2CC(N)Cc3ccccc32)ccc1Br. The molecule has 3 rings (SSSR count). The molecule has 6 heteroatoms. The van der Waals surface area contributed by atoms with Crippen LogP contribution in [0.15, 0.2) is 51.8 Å². The summed E-state index contributed by atoms with van der Waals surface area (Å²) in [6.45, 7) is 2.17. The number of hydrogen-bond donors (Lipinski definition) is 1. The molecule has 1 atom stereocenters. The molecular formula is C16H17BrN2O2S. The lowest BCUT2D eigenvalue weighted by molar-refractivity contribution is 0.575. The molecular weight excluding hydrogens is 364 g/mol. The Labute approximate surface area is 139 Å². The predicted octanol–water partition coefficient (Wildman–Crippen LogP) is 2.84. The average molecular weight is 381 g/mol. The highest BCUT2D eigenvalue weighted by molar-refractivity contribution is 9.10. The van der Waals surface area contributed by atoms with Crippen LogP contribution in [-0.4, -0.2) is 21.0 Å². The molecule has 2 aromatic rings. The highest BCUT2D eigenvalue weighted by Crippen LogP contribution is 2.32. The first-order valence-electron chi connectivity index (χ1n) is 7.02. The minimum Gasteiger partial charge on any atom is -0.326 e. The van der Waals surface area contributed by atoms with E-state index in [9.17, 15) is 8.42 Å². The Hall–Kier alpha value is -1.37. The van der Waals surface area contributed by atoms with E-state index in [1.165, 1.54) is 4.31 Å². The normalized spacial score (nSPS) is 18.1. The minimum atomic E-state index is -3.62. The largest absolute Gasteiger partial charge is 0.326 e. The fourth-order valence-corrected chi connectivity index (χ4v) is 4.61. The molecule has 1 aliphatic rings. The summed E-state index contributed by atoms with van der Waals surface area (Å²) in [6.07, 6.45) is 0.696. The first-order chi connectivity index (χ1) is 10.4. The van der Waals surface area contributed by atoms with Gasteiger partial charge in [0.1, 0.15) is 0 Å². The molecule has 4 nitrogen and oxygen atoms in total. The number of rotatable bonds is 2. The predicted molar refractivity (Wildman–Crippen MR) is 91.5 cm³/mol. The third kappa shape index (κ3) is 2.66. The number of sulfonamides is 1. The van der Waals surface area contributed by atoms with Crippen LogP contribution in [0.1, 0.15) is 11.1 Å². The first-order valence-corrected chi connectivity index (χ1v) is 9.25. The third-order valence-corrected chi connectivity index (χ3v) is 6.53. The lowest BCUT2D eigenvalue weighted by Gasteiger charge is -2.33. The van der Waals surface area contributed by atoms with Crippen molar-refractivity contribution in [1.82, 2.24) is 0 Å². The Bertz CT molecular complexity index is 821. The molecule has 0 aromatic heterocycles. The number of hydrogen-bond acceptors (Lipinski definition) is 3. The monoisotopic (exact) mass is 380 g/mol. The van der Waals surface area contributed by atoms with E-state index in [-0.39, 0.29) is 10.9 Å². The minimum absolute atomic E-state index is 0.193. The maximum atomic E-state index is 13.0. The van der Waals surface area contributed by atoms with Gasteiger partial charge in [-0.3, -0.25) is 4.31 Å². The van der Waals surface area contributed by atoms with Crippen molar-refractivity contribution in [3.63, 3.8) is 0 Å². The molecule has 0 spiro atoms. The van der Waals surface area contributed by atoms with Gasteiger partial charge in [-0.15, -0.1) is 0 Å². The quantitative estimate of drug-likeness (QED) is 0.870. The molecule has 0 radical (unpaired) electrons. The van der Waals surface area contributed by atoms with Gasteiger partial charge in [0.05, 0.1) is 10.6 Å². The smallest absolute Gasteiger partial charge is 0.264 e. The second kappa shape index (κ2) is 5.68. The number of nitrogens with zero attached hydrogens (tertiary/aromatic N) is 1.